The molecule has 3 aliphatic rings. The molecule has 1 aromatic rings. The van der Waals surface area contributed by atoms with Gasteiger partial charge < -0.3 is 19.3 Å². The Morgan fingerprint density at radius 1 is 1.27 bits per heavy atom. The van der Waals surface area contributed by atoms with Crippen LogP contribution in [0.3, 0.4) is 0 Å². The highest BCUT2D eigenvalue weighted by Crippen LogP contribution is 2.54. The summed E-state index contributed by atoms with van der Waals surface area (Å²) >= 11 is 0. The van der Waals surface area contributed by atoms with Crippen LogP contribution in [0.4, 0.5) is 0 Å². The summed E-state index contributed by atoms with van der Waals surface area (Å²) in [4.78, 5) is 15.2. The molecule has 1 saturated carbocycles. The van der Waals surface area contributed by atoms with Crippen molar-refractivity contribution in [2.45, 2.75) is 65.2 Å². The molecule has 33 heavy (non-hydrogen) atoms. The highest BCUT2D eigenvalue weighted by Gasteiger charge is 2.51. The first kappa shape index (κ1) is 24.1. The molecule has 1 aliphatic heterocycles. The molecular weight excluding hydrogens is 418 g/mol. The molecule has 6 nitrogen and oxygen atoms in total. The Morgan fingerprint density at radius 2 is 2.03 bits per heavy atom. The molecule has 1 aromatic carbocycles. The van der Waals surface area contributed by atoms with Gasteiger partial charge in [-0.3, -0.25) is 9.69 Å². The molecule has 0 amide bonds. The maximum absolute atomic E-state index is 13.0. The van der Waals surface area contributed by atoms with Crippen LogP contribution in [0.5, 0.6) is 11.5 Å². The van der Waals surface area contributed by atoms with Gasteiger partial charge in [0.2, 0.25) is 0 Å². The van der Waals surface area contributed by atoms with Gasteiger partial charge in [-0.1, -0.05) is 38.0 Å². The van der Waals surface area contributed by atoms with Gasteiger partial charge in [0.05, 0.1) is 26.2 Å². The smallest absolute Gasteiger partial charge is 0.311 e. The fourth-order valence-corrected chi connectivity index (χ4v) is 6.35. The van der Waals surface area contributed by atoms with E-state index in [1.165, 1.54) is 24.8 Å². The molecule has 0 bridgehead atoms. The lowest BCUT2D eigenvalue weighted by Gasteiger charge is -2.46. The second-order valence-electron chi connectivity index (χ2n) is 10.6. The summed E-state index contributed by atoms with van der Waals surface area (Å²) in [5.74, 6) is 1.74. The minimum Gasteiger partial charge on any atom is -0.493 e. The number of carbonyl (C=O) groups excluding carboxylic acids is 1. The number of carbonyl (C=O) groups is 1. The number of allylic oxidation sites excluding steroid dienone is 1. The Hall–Kier alpha value is -2.05. The van der Waals surface area contributed by atoms with Crippen LogP contribution in [0, 0.1) is 23.2 Å². The Morgan fingerprint density at radius 3 is 2.73 bits per heavy atom. The lowest BCUT2D eigenvalue weighted by Crippen LogP contribution is -2.41. The fourth-order valence-electron chi connectivity index (χ4n) is 6.35. The Balaban J connectivity index is 1.56. The summed E-state index contributed by atoms with van der Waals surface area (Å²) < 4.78 is 16.8. The van der Waals surface area contributed by atoms with E-state index in [1.807, 2.05) is 18.2 Å². The molecule has 0 spiro atoms. The van der Waals surface area contributed by atoms with Gasteiger partial charge in [-0.2, -0.15) is 0 Å². The molecular formula is C27H39NO5. The predicted octanol–water partition coefficient (Wildman–Crippen LogP) is 4.20. The number of aliphatic hydroxyl groups is 1. The van der Waals surface area contributed by atoms with E-state index in [9.17, 15) is 9.90 Å². The summed E-state index contributed by atoms with van der Waals surface area (Å²) in [6, 6.07) is 5.86. The van der Waals surface area contributed by atoms with E-state index in [2.05, 4.69) is 24.8 Å². The van der Waals surface area contributed by atoms with Crippen LogP contribution in [0.1, 0.15) is 52.0 Å². The van der Waals surface area contributed by atoms with E-state index in [0.29, 0.717) is 37.1 Å². The van der Waals surface area contributed by atoms with Gasteiger partial charge >= 0.3 is 5.97 Å². The quantitative estimate of drug-likeness (QED) is 0.466. The second-order valence-corrected chi connectivity index (χ2v) is 10.6. The standard InChI is InChI=1S/C27H39NO5/c1-17-7-6-10-27(3)13-25-20(12-22(17)27)21(26(30)33-25)16-28(14-18(2)29)15-19-8-9-23(31-4)24(11-19)32-5/h8-9,11-12,17-18,20-21,25,29H,6-7,10,13-16H2,1-5H3/t17-,18-,20+,21-,25+,27+/m0/s1. The van der Waals surface area contributed by atoms with Crippen molar-refractivity contribution in [3.8, 4) is 11.5 Å². The first-order valence-corrected chi connectivity index (χ1v) is 12.3. The monoisotopic (exact) mass is 457 g/mol. The molecule has 182 valence electrons. The van der Waals surface area contributed by atoms with Crippen LogP contribution in [0.15, 0.2) is 29.8 Å². The van der Waals surface area contributed by atoms with E-state index in [-0.39, 0.29) is 29.3 Å². The van der Waals surface area contributed by atoms with Gasteiger partial charge in [0.15, 0.2) is 11.5 Å². The van der Waals surface area contributed by atoms with Crippen LogP contribution < -0.4 is 9.47 Å². The Bertz CT molecular complexity index is 896. The summed E-state index contributed by atoms with van der Waals surface area (Å²) in [6.07, 6.45) is 6.46. The fraction of sp³-hybridized carbons (Fsp3) is 0.667. The molecule has 1 heterocycles. The Kier molecular flexibility index (Phi) is 7.06. The third-order valence-electron chi connectivity index (χ3n) is 7.91. The SMILES string of the molecule is COc1ccc(CN(C[C@H](C)O)C[C@@H]2C(=O)O[C@@H]3C[C@@]4(C)CCC[C@H](C)C4=C[C@H]23)cc1OC. The number of aliphatic hydroxyl groups excluding tert-OH is 1. The summed E-state index contributed by atoms with van der Waals surface area (Å²) in [7, 11) is 3.25. The van der Waals surface area contributed by atoms with Gasteiger partial charge in [-0.05, 0) is 55.2 Å². The van der Waals surface area contributed by atoms with Crippen LogP contribution in [-0.4, -0.2) is 55.5 Å². The number of fused-ring (bicyclic) bond motifs is 2. The van der Waals surface area contributed by atoms with E-state index >= 15 is 0 Å². The van der Waals surface area contributed by atoms with Crippen molar-refractivity contribution in [2.75, 3.05) is 27.3 Å². The van der Waals surface area contributed by atoms with Crippen molar-refractivity contribution >= 4 is 5.97 Å². The van der Waals surface area contributed by atoms with Crippen molar-refractivity contribution in [2.24, 2.45) is 23.2 Å². The van der Waals surface area contributed by atoms with Crippen molar-refractivity contribution in [3.05, 3.63) is 35.4 Å². The van der Waals surface area contributed by atoms with Crippen LogP contribution in [0.2, 0.25) is 0 Å². The zero-order valence-corrected chi connectivity index (χ0v) is 20.7. The molecule has 2 aliphatic carbocycles. The highest BCUT2D eigenvalue weighted by molar-refractivity contribution is 5.76. The molecule has 1 saturated heterocycles. The minimum absolute atomic E-state index is 0.0315. The van der Waals surface area contributed by atoms with Crippen molar-refractivity contribution in [1.29, 1.82) is 0 Å². The average Bonchev–Trinajstić information content (AvgIpc) is 3.05. The average molecular weight is 458 g/mol. The number of methoxy groups -OCH3 is 2. The van der Waals surface area contributed by atoms with Gasteiger partial charge in [-0.25, -0.2) is 0 Å². The molecule has 4 rings (SSSR count). The van der Waals surface area contributed by atoms with Crippen molar-refractivity contribution < 1.29 is 24.1 Å². The Labute approximate surface area is 197 Å². The number of ether oxygens (including phenoxy) is 3. The molecule has 0 aromatic heterocycles. The molecule has 2 fully saturated rings. The number of esters is 1. The van der Waals surface area contributed by atoms with Gasteiger partial charge in [0, 0.05) is 25.6 Å². The zero-order valence-electron chi connectivity index (χ0n) is 20.7. The van der Waals surface area contributed by atoms with Gasteiger partial charge in [0.1, 0.15) is 6.10 Å². The topological polar surface area (TPSA) is 68.2 Å². The van der Waals surface area contributed by atoms with Gasteiger partial charge in [-0.15, -0.1) is 0 Å². The van der Waals surface area contributed by atoms with Crippen LogP contribution in [-0.2, 0) is 16.1 Å². The third-order valence-corrected chi connectivity index (χ3v) is 7.91. The van der Waals surface area contributed by atoms with E-state index in [0.717, 1.165) is 12.0 Å². The van der Waals surface area contributed by atoms with Crippen molar-refractivity contribution in [1.82, 2.24) is 4.90 Å². The van der Waals surface area contributed by atoms with Gasteiger partial charge in [0.25, 0.3) is 0 Å². The third kappa shape index (κ3) is 4.92. The van der Waals surface area contributed by atoms with Crippen LogP contribution in [0.25, 0.3) is 0 Å². The van der Waals surface area contributed by atoms with Crippen molar-refractivity contribution in [3.63, 3.8) is 0 Å². The maximum Gasteiger partial charge on any atom is 0.311 e. The molecule has 6 heteroatoms. The van der Waals surface area contributed by atoms with E-state index < -0.39 is 6.10 Å². The minimum atomic E-state index is -0.496. The van der Waals surface area contributed by atoms with E-state index in [1.54, 1.807) is 21.1 Å². The summed E-state index contributed by atoms with van der Waals surface area (Å²) in [5.41, 5.74) is 2.74. The summed E-state index contributed by atoms with van der Waals surface area (Å²) in [6.45, 7) is 8.12. The van der Waals surface area contributed by atoms with Crippen LogP contribution >= 0.6 is 0 Å². The molecule has 1 N–H and O–H groups in total. The molecule has 6 atom stereocenters. The lowest BCUT2D eigenvalue weighted by molar-refractivity contribution is -0.145. The number of hydrogen-bond acceptors (Lipinski definition) is 6. The molecule has 0 unspecified atom stereocenters. The normalized spacial score (nSPS) is 32.0. The maximum atomic E-state index is 13.0. The summed E-state index contributed by atoms with van der Waals surface area (Å²) in [5, 5.41) is 10.2. The number of benzene rings is 1. The largest absolute Gasteiger partial charge is 0.493 e. The number of rotatable bonds is 8. The first-order valence-electron chi connectivity index (χ1n) is 12.3. The lowest BCUT2D eigenvalue weighted by atomic mass is 9.59. The van der Waals surface area contributed by atoms with E-state index in [4.69, 9.17) is 14.2 Å². The number of hydrogen-bond donors (Lipinski definition) is 1. The predicted molar refractivity (Wildman–Crippen MR) is 127 cm³/mol. The highest BCUT2D eigenvalue weighted by atomic mass is 16.6. The second kappa shape index (κ2) is 9.67. The molecule has 0 radical (unpaired) electrons. The number of nitrogens with zero attached hydrogens (tertiary/aromatic N) is 1. The zero-order chi connectivity index (χ0) is 23.8. The first-order chi connectivity index (χ1) is 15.7.